The van der Waals surface area contributed by atoms with Gasteiger partial charge in [-0.3, -0.25) is 9.36 Å². The molecule has 2 fully saturated rings. The lowest BCUT2D eigenvalue weighted by atomic mass is 10.1. The number of imidazole rings is 1. The van der Waals surface area contributed by atoms with Gasteiger partial charge in [0.15, 0.2) is 5.16 Å². The average molecular weight is 480 g/mol. The van der Waals surface area contributed by atoms with Crippen molar-refractivity contribution in [2.75, 3.05) is 74.0 Å². The Balaban J connectivity index is 1.47. The van der Waals surface area contributed by atoms with Gasteiger partial charge < -0.3 is 24.6 Å². The van der Waals surface area contributed by atoms with E-state index in [0.29, 0.717) is 18.9 Å². The third-order valence-electron chi connectivity index (χ3n) is 6.12. The van der Waals surface area contributed by atoms with Crippen molar-refractivity contribution in [1.29, 1.82) is 0 Å². The monoisotopic (exact) mass is 479 g/mol. The van der Waals surface area contributed by atoms with Crippen LogP contribution in [-0.2, 0) is 9.47 Å². The van der Waals surface area contributed by atoms with Gasteiger partial charge in [0.1, 0.15) is 5.69 Å². The third-order valence-corrected chi connectivity index (χ3v) is 6.77. The van der Waals surface area contributed by atoms with E-state index in [-0.39, 0.29) is 5.91 Å². The van der Waals surface area contributed by atoms with E-state index in [0.717, 1.165) is 67.3 Å². The third kappa shape index (κ3) is 4.77. The van der Waals surface area contributed by atoms with Crippen LogP contribution < -0.4 is 15.1 Å². The molecule has 2 aliphatic heterocycles. The van der Waals surface area contributed by atoms with Crippen molar-refractivity contribution in [2.24, 2.45) is 0 Å². The highest BCUT2D eigenvalue weighted by molar-refractivity contribution is 7.98. The molecule has 3 aromatic rings. The Kier molecular flexibility index (Phi) is 7.03. The van der Waals surface area contributed by atoms with E-state index in [1.807, 2.05) is 47.2 Å². The van der Waals surface area contributed by atoms with Gasteiger partial charge in [0, 0.05) is 37.6 Å². The maximum Gasteiger partial charge on any atom is 0.274 e. The van der Waals surface area contributed by atoms with Gasteiger partial charge in [-0.05, 0) is 36.6 Å². The summed E-state index contributed by atoms with van der Waals surface area (Å²) >= 11 is 1.51. The molecule has 0 saturated carbocycles. The molecule has 8 nitrogen and oxygen atoms in total. The van der Waals surface area contributed by atoms with E-state index >= 15 is 0 Å². The molecule has 0 radical (unpaired) electrons. The molecule has 0 bridgehead atoms. The van der Waals surface area contributed by atoms with Crippen LogP contribution in [0.15, 0.2) is 59.9 Å². The number of ether oxygens (including phenoxy) is 2. The first kappa shape index (κ1) is 22.8. The van der Waals surface area contributed by atoms with Crippen LogP contribution in [-0.4, -0.2) is 74.3 Å². The largest absolute Gasteiger partial charge is 0.378 e. The number of rotatable bonds is 6. The topological polar surface area (TPSA) is 71.9 Å². The van der Waals surface area contributed by atoms with Crippen LogP contribution >= 0.6 is 11.8 Å². The van der Waals surface area contributed by atoms with Crippen molar-refractivity contribution < 1.29 is 14.3 Å². The molecule has 2 aliphatic rings. The molecule has 2 saturated heterocycles. The summed E-state index contributed by atoms with van der Waals surface area (Å²) in [4.78, 5) is 22.6. The molecule has 34 heavy (non-hydrogen) atoms. The van der Waals surface area contributed by atoms with Gasteiger partial charge in [-0.25, -0.2) is 4.98 Å². The van der Waals surface area contributed by atoms with Crippen LogP contribution in [0.4, 0.5) is 17.1 Å². The molecule has 9 heteroatoms. The SMILES string of the molecule is CSc1ncc(C(=O)Nc2ccc(N3CCOCC3)cc2N2CCOCC2)n1-c1ccccc1. The van der Waals surface area contributed by atoms with E-state index in [2.05, 4.69) is 32.2 Å². The van der Waals surface area contributed by atoms with E-state index < -0.39 is 0 Å². The number of aromatic nitrogens is 2. The molecule has 5 rings (SSSR count). The lowest BCUT2D eigenvalue weighted by molar-refractivity contribution is 0.102. The van der Waals surface area contributed by atoms with Crippen LogP contribution in [0.25, 0.3) is 5.69 Å². The Hall–Kier alpha value is -3.01. The lowest BCUT2D eigenvalue weighted by Crippen LogP contribution is -2.38. The van der Waals surface area contributed by atoms with Crippen molar-refractivity contribution in [3.8, 4) is 5.69 Å². The molecule has 1 aromatic heterocycles. The van der Waals surface area contributed by atoms with Gasteiger partial charge in [0.2, 0.25) is 0 Å². The fraction of sp³-hybridized carbons (Fsp3) is 0.360. The molecule has 3 heterocycles. The van der Waals surface area contributed by atoms with Gasteiger partial charge in [-0.15, -0.1) is 0 Å². The van der Waals surface area contributed by atoms with Crippen molar-refractivity contribution in [1.82, 2.24) is 9.55 Å². The molecule has 178 valence electrons. The molecular weight excluding hydrogens is 450 g/mol. The standard InChI is InChI=1S/C25H29N5O3S/c1-34-25-26-18-23(30(25)19-5-3-2-4-6-19)24(31)27-21-8-7-20(28-9-13-32-14-10-28)17-22(21)29-11-15-33-16-12-29/h2-8,17-18H,9-16H2,1H3,(H,27,31). The Morgan fingerprint density at radius 2 is 1.59 bits per heavy atom. The predicted molar refractivity (Wildman–Crippen MR) is 136 cm³/mol. The molecule has 0 unspecified atom stereocenters. The van der Waals surface area contributed by atoms with E-state index in [1.165, 1.54) is 11.8 Å². The van der Waals surface area contributed by atoms with E-state index in [4.69, 9.17) is 9.47 Å². The number of nitrogens with zero attached hydrogens (tertiary/aromatic N) is 4. The number of thioether (sulfide) groups is 1. The van der Waals surface area contributed by atoms with Crippen molar-refractivity contribution in [2.45, 2.75) is 5.16 Å². The van der Waals surface area contributed by atoms with Gasteiger partial charge in [-0.1, -0.05) is 30.0 Å². The second kappa shape index (κ2) is 10.5. The summed E-state index contributed by atoms with van der Waals surface area (Å²) in [5.41, 5.74) is 4.35. The second-order valence-electron chi connectivity index (χ2n) is 8.16. The van der Waals surface area contributed by atoms with Crippen molar-refractivity contribution in [3.63, 3.8) is 0 Å². The average Bonchev–Trinajstić information content (AvgIpc) is 3.35. The number of carbonyl (C=O) groups is 1. The van der Waals surface area contributed by atoms with Gasteiger partial charge in [0.25, 0.3) is 5.91 Å². The Morgan fingerprint density at radius 1 is 0.912 bits per heavy atom. The van der Waals surface area contributed by atoms with Crippen LogP contribution in [0.2, 0.25) is 0 Å². The normalized spacial score (nSPS) is 16.5. The minimum atomic E-state index is -0.190. The van der Waals surface area contributed by atoms with Crippen LogP contribution in [0.1, 0.15) is 10.5 Å². The summed E-state index contributed by atoms with van der Waals surface area (Å²) < 4.78 is 13.0. The first-order chi connectivity index (χ1) is 16.7. The minimum Gasteiger partial charge on any atom is -0.378 e. The number of carbonyl (C=O) groups excluding carboxylic acids is 1. The first-order valence-electron chi connectivity index (χ1n) is 11.5. The highest BCUT2D eigenvalue weighted by Gasteiger charge is 2.22. The van der Waals surface area contributed by atoms with E-state index in [9.17, 15) is 4.79 Å². The predicted octanol–water partition coefficient (Wildman–Crippen LogP) is 3.52. The summed E-state index contributed by atoms with van der Waals surface area (Å²) in [7, 11) is 0. The Bertz CT molecular complexity index is 1120. The molecule has 0 aliphatic carbocycles. The zero-order valence-corrected chi connectivity index (χ0v) is 20.1. The summed E-state index contributed by atoms with van der Waals surface area (Å²) in [6, 6.07) is 16.1. The Labute approximate surface area is 203 Å². The van der Waals surface area contributed by atoms with Gasteiger partial charge >= 0.3 is 0 Å². The number of amides is 1. The van der Waals surface area contributed by atoms with Crippen molar-refractivity contribution >= 4 is 34.7 Å². The summed E-state index contributed by atoms with van der Waals surface area (Å²) in [6.45, 7) is 6.10. The number of anilines is 3. The number of morpholine rings is 2. The quantitative estimate of drug-likeness (QED) is 0.543. The Morgan fingerprint density at radius 3 is 2.26 bits per heavy atom. The molecule has 0 spiro atoms. The van der Waals surface area contributed by atoms with Gasteiger partial charge in [0.05, 0.1) is 44.0 Å². The fourth-order valence-electron chi connectivity index (χ4n) is 4.36. The highest BCUT2D eigenvalue weighted by atomic mass is 32.2. The number of benzene rings is 2. The van der Waals surface area contributed by atoms with Crippen molar-refractivity contribution in [3.05, 3.63) is 60.4 Å². The molecule has 2 aromatic carbocycles. The van der Waals surface area contributed by atoms with Crippen LogP contribution in [0.5, 0.6) is 0 Å². The van der Waals surface area contributed by atoms with Crippen LogP contribution in [0.3, 0.4) is 0 Å². The van der Waals surface area contributed by atoms with Gasteiger partial charge in [-0.2, -0.15) is 0 Å². The molecular formula is C25H29N5O3S. The molecule has 1 amide bonds. The summed E-state index contributed by atoms with van der Waals surface area (Å²) in [5, 5.41) is 3.94. The first-order valence-corrected chi connectivity index (χ1v) is 12.7. The van der Waals surface area contributed by atoms with E-state index in [1.54, 1.807) is 6.20 Å². The number of para-hydroxylation sites is 1. The maximum absolute atomic E-state index is 13.5. The smallest absolute Gasteiger partial charge is 0.274 e. The number of nitrogens with one attached hydrogen (secondary N) is 1. The molecule has 1 N–H and O–H groups in total. The lowest BCUT2D eigenvalue weighted by Gasteiger charge is -2.33. The number of hydrogen-bond acceptors (Lipinski definition) is 7. The van der Waals surface area contributed by atoms with Crippen LogP contribution in [0, 0.1) is 0 Å². The minimum absolute atomic E-state index is 0.190. The fourth-order valence-corrected chi connectivity index (χ4v) is 4.91. The summed E-state index contributed by atoms with van der Waals surface area (Å²) in [5.74, 6) is -0.190. The highest BCUT2D eigenvalue weighted by Crippen LogP contribution is 2.33. The summed E-state index contributed by atoms with van der Waals surface area (Å²) in [6.07, 6.45) is 3.61. The zero-order chi connectivity index (χ0) is 23.3. The second-order valence-corrected chi connectivity index (χ2v) is 8.93. The molecule has 0 atom stereocenters. The maximum atomic E-state index is 13.5. The number of hydrogen-bond donors (Lipinski definition) is 1. The zero-order valence-electron chi connectivity index (χ0n) is 19.3.